The standard InChI is InChI=1S/C13H14N4O2S/c1-2-11(14)10-6-3-4-7-12(10)20(18,19)17-13-15-8-5-9-16-13/h2-9,11H,1,14H2,(H,15,16,17). The van der Waals surface area contributed by atoms with Crippen molar-refractivity contribution >= 4 is 16.0 Å². The fourth-order valence-electron chi connectivity index (χ4n) is 1.65. The van der Waals surface area contributed by atoms with E-state index in [-0.39, 0.29) is 10.8 Å². The molecule has 0 fully saturated rings. The van der Waals surface area contributed by atoms with Gasteiger partial charge in [0.05, 0.1) is 4.90 Å². The van der Waals surface area contributed by atoms with Gasteiger partial charge in [0.25, 0.3) is 10.0 Å². The van der Waals surface area contributed by atoms with E-state index in [1.807, 2.05) is 0 Å². The van der Waals surface area contributed by atoms with Gasteiger partial charge >= 0.3 is 0 Å². The molecule has 1 aromatic heterocycles. The quantitative estimate of drug-likeness (QED) is 0.812. The summed E-state index contributed by atoms with van der Waals surface area (Å²) in [7, 11) is -3.80. The van der Waals surface area contributed by atoms with E-state index in [0.717, 1.165) is 0 Å². The van der Waals surface area contributed by atoms with Crippen LogP contribution in [-0.4, -0.2) is 18.4 Å². The van der Waals surface area contributed by atoms with Gasteiger partial charge in [-0.25, -0.2) is 23.1 Å². The molecule has 0 saturated heterocycles. The average molecular weight is 290 g/mol. The Labute approximate surface area is 117 Å². The maximum Gasteiger partial charge on any atom is 0.264 e. The summed E-state index contributed by atoms with van der Waals surface area (Å²) in [6.07, 6.45) is 4.38. The maximum atomic E-state index is 12.4. The van der Waals surface area contributed by atoms with E-state index in [1.165, 1.54) is 24.5 Å². The lowest BCUT2D eigenvalue weighted by atomic mass is 10.1. The zero-order valence-electron chi connectivity index (χ0n) is 10.6. The Hall–Kier alpha value is -2.25. The van der Waals surface area contributed by atoms with E-state index in [2.05, 4.69) is 21.3 Å². The first kappa shape index (κ1) is 14.2. The molecule has 0 aliphatic carbocycles. The molecule has 1 heterocycles. The lowest BCUT2D eigenvalue weighted by Crippen LogP contribution is -2.19. The Balaban J connectivity index is 2.42. The Bertz CT molecular complexity index is 701. The summed E-state index contributed by atoms with van der Waals surface area (Å²) in [5.74, 6) is 0.00878. The second-order valence-electron chi connectivity index (χ2n) is 3.98. The first-order valence-electron chi connectivity index (χ1n) is 5.81. The second-order valence-corrected chi connectivity index (χ2v) is 5.63. The molecule has 0 amide bonds. The summed E-state index contributed by atoms with van der Waals surface area (Å²) >= 11 is 0. The lowest BCUT2D eigenvalue weighted by Gasteiger charge is -2.13. The predicted octanol–water partition coefficient (Wildman–Crippen LogP) is 1.46. The number of aromatic nitrogens is 2. The monoisotopic (exact) mass is 290 g/mol. The van der Waals surface area contributed by atoms with Crippen molar-refractivity contribution in [3.05, 3.63) is 60.9 Å². The largest absolute Gasteiger partial charge is 0.321 e. The molecule has 0 aliphatic heterocycles. The van der Waals surface area contributed by atoms with Crippen LogP contribution in [0.5, 0.6) is 0 Å². The topological polar surface area (TPSA) is 98.0 Å². The fraction of sp³-hybridized carbons (Fsp3) is 0.0769. The molecule has 0 spiro atoms. The molecule has 0 aliphatic rings. The minimum Gasteiger partial charge on any atom is -0.321 e. The van der Waals surface area contributed by atoms with Gasteiger partial charge < -0.3 is 5.73 Å². The SMILES string of the molecule is C=CC(N)c1ccccc1S(=O)(=O)Nc1ncccn1. The van der Waals surface area contributed by atoms with Crippen LogP contribution in [0.15, 0.2) is 60.3 Å². The molecule has 20 heavy (non-hydrogen) atoms. The van der Waals surface area contributed by atoms with Crippen molar-refractivity contribution in [1.29, 1.82) is 0 Å². The number of nitrogens with one attached hydrogen (secondary N) is 1. The van der Waals surface area contributed by atoms with Crippen molar-refractivity contribution in [2.75, 3.05) is 4.72 Å². The fourth-order valence-corrected chi connectivity index (χ4v) is 2.88. The van der Waals surface area contributed by atoms with Crippen LogP contribution in [0.4, 0.5) is 5.95 Å². The first-order valence-corrected chi connectivity index (χ1v) is 7.30. The van der Waals surface area contributed by atoms with Crippen molar-refractivity contribution < 1.29 is 8.42 Å². The smallest absolute Gasteiger partial charge is 0.264 e. The third-order valence-electron chi connectivity index (χ3n) is 2.61. The van der Waals surface area contributed by atoms with Gasteiger partial charge in [-0.2, -0.15) is 0 Å². The molecular weight excluding hydrogens is 276 g/mol. The van der Waals surface area contributed by atoms with Crippen LogP contribution in [0, 0.1) is 0 Å². The Morgan fingerprint density at radius 2 is 1.85 bits per heavy atom. The van der Waals surface area contributed by atoms with Crippen molar-refractivity contribution in [1.82, 2.24) is 9.97 Å². The highest BCUT2D eigenvalue weighted by Gasteiger charge is 2.21. The zero-order valence-corrected chi connectivity index (χ0v) is 11.4. The molecule has 6 nitrogen and oxygen atoms in total. The number of benzene rings is 1. The molecule has 2 aromatic rings. The third kappa shape index (κ3) is 3.01. The Morgan fingerprint density at radius 3 is 2.50 bits per heavy atom. The highest BCUT2D eigenvalue weighted by molar-refractivity contribution is 7.92. The number of rotatable bonds is 5. The van der Waals surface area contributed by atoms with Gasteiger partial charge in [0.1, 0.15) is 0 Å². The molecular formula is C13H14N4O2S. The maximum absolute atomic E-state index is 12.4. The molecule has 1 atom stereocenters. The summed E-state index contributed by atoms with van der Waals surface area (Å²) in [6.45, 7) is 3.58. The van der Waals surface area contributed by atoms with Gasteiger partial charge in [0, 0.05) is 18.4 Å². The molecule has 104 valence electrons. The molecule has 0 bridgehead atoms. The second kappa shape index (κ2) is 5.81. The van der Waals surface area contributed by atoms with Crippen molar-refractivity contribution in [2.24, 2.45) is 5.73 Å². The van der Waals surface area contributed by atoms with E-state index in [9.17, 15) is 8.42 Å². The van der Waals surface area contributed by atoms with E-state index in [1.54, 1.807) is 24.3 Å². The van der Waals surface area contributed by atoms with E-state index < -0.39 is 16.1 Å². The van der Waals surface area contributed by atoms with Gasteiger partial charge in [0.15, 0.2) is 0 Å². The van der Waals surface area contributed by atoms with Gasteiger partial charge in [-0.15, -0.1) is 6.58 Å². The van der Waals surface area contributed by atoms with E-state index in [0.29, 0.717) is 5.56 Å². The molecule has 1 unspecified atom stereocenters. The summed E-state index contributed by atoms with van der Waals surface area (Å²) in [5, 5.41) is 0. The van der Waals surface area contributed by atoms with E-state index >= 15 is 0 Å². The molecule has 1 aromatic carbocycles. The highest BCUT2D eigenvalue weighted by Crippen LogP contribution is 2.22. The van der Waals surface area contributed by atoms with Crippen LogP contribution in [0.1, 0.15) is 11.6 Å². The third-order valence-corrected chi connectivity index (χ3v) is 4.02. The summed E-state index contributed by atoms with van der Waals surface area (Å²) in [5.41, 5.74) is 6.31. The van der Waals surface area contributed by atoms with E-state index in [4.69, 9.17) is 5.73 Å². The van der Waals surface area contributed by atoms with Gasteiger partial charge in [-0.3, -0.25) is 0 Å². The normalized spacial score (nSPS) is 12.7. The minimum absolute atomic E-state index is 0.00878. The van der Waals surface area contributed by atoms with Crippen LogP contribution >= 0.6 is 0 Å². The lowest BCUT2D eigenvalue weighted by molar-refractivity contribution is 0.599. The number of hydrogen-bond donors (Lipinski definition) is 2. The number of anilines is 1. The van der Waals surface area contributed by atoms with Gasteiger partial charge in [-0.05, 0) is 17.7 Å². The number of nitrogens with zero attached hydrogens (tertiary/aromatic N) is 2. The van der Waals surface area contributed by atoms with Crippen LogP contribution < -0.4 is 10.5 Å². The zero-order chi connectivity index (χ0) is 14.6. The minimum atomic E-state index is -3.80. The van der Waals surface area contributed by atoms with Crippen molar-refractivity contribution in [3.63, 3.8) is 0 Å². The number of hydrogen-bond acceptors (Lipinski definition) is 5. The summed E-state index contributed by atoms with van der Waals surface area (Å²) < 4.78 is 27.0. The molecule has 7 heteroatoms. The summed E-state index contributed by atoms with van der Waals surface area (Å²) in [6, 6.07) is 7.49. The van der Waals surface area contributed by atoms with Gasteiger partial charge in [0.2, 0.25) is 5.95 Å². The van der Waals surface area contributed by atoms with Crippen LogP contribution in [0.3, 0.4) is 0 Å². The Morgan fingerprint density at radius 1 is 1.20 bits per heavy atom. The van der Waals surface area contributed by atoms with Crippen LogP contribution in [0.25, 0.3) is 0 Å². The molecule has 3 N–H and O–H groups in total. The average Bonchev–Trinajstić information content (AvgIpc) is 2.47. The van der Waals surface area contributed by atoms with Crippen LogP contribution in [0.2, 0.25) is 0 Å². The molecule has 2 rings (SSSR count). The van der Waals surface area contributed by atoms with Crippen molar-refractivity contribution in [3.8, 4) is 0 Å². The Kier molecular flexibility index (Phi) is 4.11. The van der Waals surface area contributed by atoms with Crippen LogP contribution in [-0.2, 0) is 10.0 Å². The number of nitrogens with two attached hydrogens (primary N) is 1. The molecule has 0 saturated carbocycles. The first-order chi connectivity index (χ1) is 9.54. The molecule has 0 radical (unpaired) electrons. The summed E-state index contributed by atoms with van der Waals surface area (Å²) in [4.78, 5) is 7.75. The predicted molar refractivity (Wildman–Crippen MR) is 76.4 cm³/mol. The van der Waals surface area contributed by atoms with Crippen molar-refractivity contribution in [2.45, 2.75) is 10.9 Å². The number of sulfonamides is 1. The highest BCUT2D eigenvalue weighted by atomic mass is 32.2. The van der Waals surface area contributed by atoms with Gasteiger partial charge in [-0.1, -0.05) is 24.3 Å².